The molecular formula is C20H27NO5. The Morgan fingerprint density at radius 2 is 1.92 bits per heavy atom. The van der Waals surface area contributed by atoms with Crippen LogP contribution in [0.25, 0.3) is 0 Å². The van der Waals surface area contributed by atoms with Crippen molar-refractivity contribution in [2.75, 3.05) is 6.61 Å². The van der Waals surface area contributed by atoms with Gasteiger partial charge in [-0.25, -0.2) is 0 Å². The highest BCUT2D eigenvalue weighted by atomic mass is 16.7. The van der Waals surface area contributed by atoms with Crippen molar-refractivity contribution in [3.8, 4) is 0 Å². The van der Waals surface area contributed by atoms with Crippen molar-refractivity contribution < 1.29 is 23.9 Å². The van der Waals surface area contributed by atoms with Gasteiger partial charge in [-0.15, -0.1) is 0 Å². The second-order valence-electron chi connectivity index (χ2n) is 8.10. The zero-order valence-corrected chi connectivity index (χ0v) is 16.0. The normalized spacial score (nSPS) is 30.0. The third kappa shape index (κ3) is 3.48. The largest absolute Gasteiger partial charge is 0.462 e. The topological polar surface area (TPSA) is 65.1 Å². The number of carbonyl (C=O) groups is 2. The SMILES string of the molecule is C[C@@H]1OC(=O)[C@H]2[C@@H]1[C@@H](COC(=O)C(C)(C)C)ON2[C@H](C)c1ccccc1. The molecule has 6 heteroatoms. The molecule has 0 aliphatic carbocycles. The Kier molecular flexibility index (Phi) is 5.08. The molecule has 1 aromatic rings. The summed E-state index contributed by atoms with van der Waals surface area (Å²) < 4.78 is 10.9. The van der Waals surface area contributed by atoms with Crippen LogP contribution in [0.4, 0.5) is 0 Å². The van der Waals surface area contributed by atoms with Gasteiger partial charge in [0.1, 0.15) is 24.9 Å². The summed E-state index contributed by atoms with van der Waals surface area (Å²) in [6, 6.07) is 9.25. The first kappa shape index (κ1) is 18.9. The number of hydroxylamine groups is 2. The first-order valence-corrected chi connectivity index (χ1v) is 9.08. The zero-order valence-electron chi connectivity index (χ0n) is 16.0. The molecule has 2 fully saturated rings. The van der Waals surface area contributed by atoms with Crippen LogP contribution >= 0.6 is 0 Å². The van der Waals surface area contributed by atoms with E-state index in [1.54, 1.807) is 5.06 Å². The summed E-state index contributed by atoms with van der Waals surface area (Å²) in [5.74, 6) is -0.735. The van der Waals surface area contributed by atoms with E-state index >= 15 is 0 Å². The van der Waals surface area contributed by atoms with Crippen molar-refractivity contribution in [1.82, 2.24) is 5.06 Å². The van der Waals surface area contributed by atoms with Crippen molar-refractivity contribution in [3.05, 3.63) is 35.9 Å². The van der Waals surface area contributed by atoms with Crippen LogP contribution in [-0.2, 0) is 23.9 Å². The van der Waals surface area contributed by atoms with Gasteiger partial charge in [0.2, 0.25) is 0 Å². The van der Waals surface area contributed by atoms with Gasteiger partial charge >= 0.3 is 11.9 Å². The van der Waals surface area contributed by atoms with Crippen molar-refractivity contribution in [2.24, 2.45) is 11.3 Å². The Balaban J connectivity index is 1.78. The fourth-order valence-corrected chi connectivity index (χ4v) is 3.54. The van der Waals surface area contributed by atoms with Crippen molar-refractivity contribution in [1.29, 1.82) is 0 Å². The van der Waals surface area contributed by atoms with Gasteiger partial charge in [-0.3, -0.25) is 14.4 Å². The summed E-state index contributed by atoms with van der Waals surface area (Å²) in [7, 11) is 0. The Morgan fingerprint density at radius 1 is 1.27 bits per heavy atom. The van der Waals surface area contributed by atoms with Crippen molar-refractivity contribution >= 4 is 11.9 Å². The van der Waals surface area contributed by atoms with Gasteiger partial charge in [-0.1, -0.05) is 30.3 Å². The van der Waals surface area contributed by atoms with E-state index in [0.29, 0.717) is 0 Å². The van der Waals surface area contributed by atoms with Gasteiger partial charge in [0.05, 0.1) is 17.4 Å². The van der Waals surface area contributed by atoms with E-state index in [4.69, 9.17) is 14.3 Å². The molecule has 0 amide bonds. The average molecular weight is 361 g/mol. The van der Waals surface area contributed by atoms with E-state index in [1.807, 2.05) is 65.0 Å². The molecule has 0 saturated carbocycles. The highest BCUT2D eigenvalue weighted by Gasteiger charge is 2.57. The van der Waals surface area contributed by atoms with Crippen LogP contribution in [0.1, 0.15) is 46.2 Å². The van der Waals surface area contributed by atoms with E-state index < -0.39 is 17.6 Å². The average Bonchev–Trinajstić information content (AvgIpc) is 3.11. The Morgan fingerprint density at radius 3 is 2.54 bits per heavy atom. The van der Waals surface area contributed by atoms with Crippen LogP contribution in [0.5, 0.6) is 0 Å². The van der Waals surface area contributed by atoms with E-state index in [-0.39, 0.29) is 36.6 Å². The molecule has 0 radical (unpaired) electrons. The standard InChI is InChI=1S/C20H27NO5/c1-12(14-9-7-6-8-10-14)21-17-16(13(2)25-18(17)22)15(26-21)11-24-19(23)20(3,4)5/h6-10,12-13,15-17H,11H2,1-5H3/t12-,13+,15-,16+,17-/m1/s1. The molecule has 1 aromatic carbocycles. The Bertz CT molecular complexity index is 669. The van der Waals surface area contributed by atoms with Crippen molar-refractivity contribution in [3.63, 3.8) is 0 Å². The molecule has 2 heterocycles. The lowest BCUT2D eigenvalue weighted by atomic mass is 9.92. The van der Waals surface area contributed by atoms with Crippen LogP contribution in [0.15, 0.2) is 30.3 Å². The minimum absolute atomic E-state index is 0.107. The number of fused-ring (bicyclic) bond motifs is 1. The Hall–Kier alpha value is -1.92. The van der Waals surface area contributed by atoms with Gasteiger partial charge in [-0.2, -0.15) is 5.06 Å². The number of hydrogen-bond acceptors (Lipinski definition) is 6. The molecule has 0 unspecified atom stereocenters. The van der Waals surface area contributed by atoms with Crippen molar-refractivity contribution in [2.45, 2.75) is 58.9 Å². The molecule has 2 saturated heterocycles. The summed E-state index contributed by atoms with van der Waals surface area (Å²) in [5.41, 5.74) is 0.466. The second kappa shape index (κ2) is 7.00. The van der Waals surface area contributed by atoms with Crippen LogP contribution < -0.4 is 0 Å². The molecule has 0 bridgehead atoms. The molecule has 0 N–H and O–H groups in total. The Labute approximate surface area is 154 Å². The number of carbonyl (C=O) groups excluding carboxylic acids is 2. The molecule has 2 aliphatic heterocycles. The highest BCUT2D eigenvalue weighted by molar-refractivity contribution is 5.79. The number of benzene rings is 1. The van der Waals surface area contributed by atoms with Crippen LogP contribution in [0, 0.1) is 11.3 Å². The quantitative estimate of drug-likeness (QED) is 0.769. The van der Waals surface area contributed by atoms with Gasteiger partial charge in [0.15, 0.2) is 0 Å². The molecular weight excluding hydrogens is 334 g/mol. The summed E-state index contributed by atoms with van der Waals surface area (Å²) in [6.07, 6.45) is -0.683. The maximum atomic E-state index is 12.4. The van der Waals surface area contributed by atoms with Gasteiger partial charge in [-0.05, 0) is 40.2 Å². The van der Waals surface area contributed by atoms with Gasteiger partial charge < -0.3 is 9.47 Å². The lowest BCUT2D eigenvalue weighted by Gasteiger charge is -2.27. The van der Waals surface area contributed by atoms with Crippen LogP contribution in [-0.4, -0.2) is 41.9 Å². The second-order valence-corrected chi connectivity index (χ2v) is 8.10. The third-order valence-corrected chi connectivity index (χ3v) is 5.07. The number of rotatable bonds is 4. The number of esters is 2. The van der Waals surface area contributed by atoms with E-state index in [1.165, 1.54) is 0 Å². The fraction of sp³-hybridized carbons (Fsp3) is 0.600. The highest BCUT2D eigenvalue weighted by Crippen LogP contribution is 2.42. The smallest absolute Gasteiger partial charge is 0.326 e. The monoisotopic (exact) mass is 361 g/mol. The van der Waals surface area contributed by atoms with E-state index in [9.17, 15) is 9.59 Å². The minimum Gasteiger partial charge on any atom is -0.462 e. The zero-order chi connectivity index (χ0) is 19.1. The molecule has 6 nitrogen and oxygen atoms in total. The van der Waals surface area contributed by atoms with Crippen LogP contribution in [0.2, 0.25) is 0 Å². The van der Waals surface area contributed by atoms with E-state index in [2.05, 4.69) is 0 Å². The molecule has 0 spiro atoms. The molecule has 0 aromatic heterocycles. The number of hydrogen-bond donors (Lipinski definition) is 0. The third-order valence-electron chi connectivity index (χ3n) is 5.07. The van der Waals surface area contributed by atoms with Gasteiger partial charge in [0.25, 0.3) is 0 Å². The summed E-state index contributed by atoms with van der Waals surface area (Å²) in [6.45, 7) is 9.39. The summed E-state index contributed by atoms with van der Waals surface area (Å²) >= 11 is 0. The molecule has 5 atom stereocenters. The summed E-state index contributed by atoms with van der Waals surface area (Å²) in [5, 5.41) is 1.71. The number of cyclic esters (lactones) is 1. The molecule has 2 aliphatic rings. The maximum absolute atomic E-state index is 12.4. The maximum Gasteiger partial charge on any atom is 0.326 e. The van der Waals surface area contributed by atoms with Crippen LogP contribution in [0.3, 0.4) is 0 Å². The lowest BCUT2D eigenvalue weighted by molar-refractivity contribution is -0.212. The molecule has 26 heavy (non-hydrogen) atoms. The fourth-order valence-electron chi connectivity index (χ4n) is 3.54. The van der Waals surface area contributed by atoms with E-state index in [0.717, 1.165) is 5.56 Å². The lowest BCUT2D eigenvalue weighted by Crippen LogP contribution is -2.37. The number of ether oxygens (including phenoxy) is 2. The molecule has 3 rings (SSSR count). The number of nitrogens with zero attached hydrogens (tertiary/aromatic N) is 1. The molecule has 142 valence electrons. The minimum atomic E-state index is -0.581. The summed E-state index contributed by atoms with van der Waals surface area (Å²) in [4.78, 5) is 30.6. The predicted octanol–water partition coefficient (Wildman–Crippen LogP) is 2.88. The predicted molar refractivity (Wildman–Crippen MR) is 94.8 cm³/mol. The first-order chi connectivity index (χ1) is 12.2. The van der Waals surface area contributed by atoms with Gasteiger partial charge in [0, 0.05) is 0 Å². The first-order valence-electron chi connectivity index (χ1n) is 9.08.